The largest absolute Gasteiger partial charge is 0.385 e. The van der Waals surface area contributed by atoms with Gasteiger partial charge in [0.05, 0.1) is 16.8 Å². The molecule has 0 saturated heterocycles. The molecular formula is C18H25N5O4S. The Morgan fingerprint density at radius 2 is 2.04 bits per heavy atom. The van der Waals surface area contributed by atoms with Crippen molar-refractivity contribution in [3.05, 3.63) is 42.2 Å². The molecule has 0 radical (unpaired) electrons. The summed E-state index contributed by atoms with van der Waals surface area (Å²) in [5.74, 6) is -0.444. The lowest BCUT2D eigenvalue weighted by molar-refractivity contribution is -0.120. The number of rotatable bonds is 9. The minimum atomic E-state index is -3.60. The lowest BCUT2D eigenvalue weighted by atomic mass is 10.2. The second kappa shape index (κ2) is 9.47. The summed E-state index contributed by atoms with van der Waals surface area (Å²) in [4.78, 5) is 17.3. The number of nitrogens with zero attached hydrogens (tertiary/aromatic N) is 4. The Hall–Kier alpha value is -2.72. The Balaban J connectivity index is 1.99. The number of hydrogen-bond donors (Lipinski definition) is 1. The Morgan fingerprint density at radius 1 is 1.32 bits per heavy atom. The molecule has 152 valence electrons. The molecule has 9 nitrogen and oxygen atoms in total. The summed E-state index contributed by atoms with van der Waals surface area (Å²) in [7, 11) is -1.80. The van der Waals surface area contributed by atoms with Gasteiger partial charge in [-0.25, -0.2) is 8.42 Å². The van der Waals surface area contributed by atoms with Crippen molar-refractivity contribution in [1.29, 1.82) is 0 Å². The van der Waals surface area contributed by atoms with Crippen molar-refractivity contribution in [1.82, 2.24) is 14.1 Å². The Labute approximate surface area is 165 Å². The highest BCUT2D eigenvalue weighted by Gasteiger charge is 2.21. The van der Waals surface area contributed by atoms with E-state index in [4.69, 9.17) is 4.84 Å². The van der Waals surface area contributed by atoms with Gasteiger partial charge in [0.25, 0.3) is 5.91 Å². The van der Waals surface area contributed by atoms with E-state index in [1.807, 2.05) is 0 Å². The van der Waals surface area contributed by atoms with Crippen molar-refractivity contribution in [2.24, 2.45) is 12.2 Å². The Morgan fingerprint density at radius 3 is 2.64 bits per heavy atom. The molecule has 10 heteroatoms. The fraction of sp³-hybridized carbons (Fsp3) is 0.389. The van der Waals surface area contributed by atoms with Gasteiger partial charge in [0.1, 0.15) is 0 Å². The molecule has 0 fully saturated rings. The third kappa shape index (κ3) is 5.40. The van der Waals surface area contributed by atoms with Crippen molar-refractivity contribution in [2.45, 2.75) is 25.7 Å². The van der Waals surface area contributed by atoms with Crippen molar-refractivity contribution in [3.8, 4) is 0 Å². The number of nitrogens with one attached hydrogen (secondary N) is 1. The first kappa shape index (κ1) is 21.6. The Bertz CT molecular complexity index is 948. The molecule has 0 saturated carbocycles. The molecule has 2 rings (SSSR count). The second-order valence-electron chi connectivity index (χ2n) is 6.02. The summed E-state index contributed by atoms with van der Waals surface area (Å²) in [6.07, 6.45) is 3.42. The summed E-state index contributed by atoms with van der Waals surface area (Å²) < 4.78 is 28.2. The van der Waals surface area contributed by atoms with Crippen LogP contribution in [0.25, 0.3) is 0 Å². The highest BCUT2D eigenvalue weighted by Crippen LogP contribution is 2.19. The van der Waals surface area contributed by atoms with Gasteiger partial charge >= 0.3 is 0 Å². The maximum Gasteiger partial charge on any atom is 0.265 e. The van der Waals surface area contributed by atoms with Gasteiger partial charge in [-0.1, -0.05) is 25.1 Å². The lowest BCUT2D eigenvalue weighted by Crippen LogP contribution is -2.30. The van der Waals surface area contributed by atoms with Crippen LogP contribution in [-0.2, 0) is 26.7 Å². The van der Waals surface area contributed by atoms with E-state index in [0.717, 1.165) is 5.56 Å². The molecule has 1 amide bonds. The van der Waals surface area contributed by atoms with Crippen molar-refractivity contribution in [3.63, 3.8) is 0 Å². The molecule has 0 bridgehead atoms. The molecule has 1 aromatic carbocycles. The number of aryl methyl sites for hydroxylation is 1. The Kier molecular flexibility index (Phi) is 7.30. The first-order valence-corrected chi connectivity index (χ1v) is 10.3. The molecule has 2 aromatic rings. The van der Waals surface area contributed by atoms with Crippen LogP contribution in [0.4, 0.5) is 5.69 Å². The predicted octanol–water partition coefficient (Wildman–Crippen LogP) is 1.83. The van der Waals surface area contributed by atoms with Gasteiger partial charge in [0.15, 0.2) is 6.61 Å². The first-order chi connectivity index (χ1) is 13.3. The van der Waals surface area contributed by atoms with Gasteiger partial charge in [-0.05, 0) is 25.1 Å². The van der Waals surface area contributed by atoms with Crippen LogP contribution in [0.5, 0.6) is 0 Å². The van der Waals surface area contributed by atoms with E-state index in [9.17, 15) is 13.2 Å². The molecule has 0 aliphatic carbocycles. The molecule has 0 atom stereocenters. The number of aromatic nitrogens is 2. The van der Waals surface area contributed by atoms with Crippen LogP contribution in [0.1, 0.15) is 26.3 Å². The van der Waals surface area contributed by atoms with Crippen LogP contribution in [0.15, 0.2) is 46.7 Å². The van der Waals surface area contributed by atoms with E-state index in [0.29, 0.717) is 24.5 Å². The quantitative estimate of drug-likeness (QED) is 0.504. The van der Waals surface area contributed by atoms with Gasteiger partial charge in [-0.3, -0.25) is 9.48 Å². The van der Waals surface area contributed by atoms with Crippen molar-refractivity contribution in [2.75, 3.05) is 25.0 Å². The number of benzene rings is 1. The van der Waals surface area contributed by atoms with Gasteiger partial charge in [-0.15, -0.1) is 0 Å². The van der Waals surface area contributed by atoms with Gasteiger partial charge in [0, 0.05) is 37.6 Å². The molecule has 28 heavy (non-hydrogen) atoms. The predicted molar refractivity (Wildman–Crippen MR) is 107 cm³/mol. The van der Waals surface area contributed by atoms with Gasteiger partial charge in [-0.2, -0.15) is 9.40 Å². The number of hydrogen-bond acceptors (Lipinski definition) is 6. The number of carbonyl (C=O) groups excluding carboxylic acids is 1. The van der Waals surface area contributed by atoms with Gasteiger partial charge in [0.2, 0.25) is 10.0 Å². The molecule has 1 N–H and O–H groups in total. The molecule has 1 aromatic heterocycles. The zero-order chi connectivity index (χ0) is 20.7. The fourth-order valence-corrected chi connectivity index (χ4v) is 4.00. The smallest absolute Gasteiger partial charge is 0.265 e. The van der Waals surface area contributed by atoms with Crippen molar-refractivity contribution < 1.29 is 18.0 Å². The third-order valence-electron chi connectivity index (χ3n) is 3.98. The summed E-state index contributed by atoms with van der Waals surface area (Å²) in [6.45, 7) is 5.74. The number of oxime groups is 1. The topological polar surface area (TPSA) is 106 Å². The average Bonchev–Trinajstić information content (AvgIpc) is 3.09. The summed E-state index contributed by atoms with van der Waals surface area (Å²) in [6, 6.07) is 6.12. The number of amides is 1. The monoisotopic (exact) mass is 407 g/mol. The van der Waals surface area contributed by atoms with E-state index in [2.05, 4.69) is 15.6 Å². The number of sulfonamides is 1. The summed E-state index contributed by atoms with van der Waals surface area (Å²) in [5.41, 5.74) is 1.75. The molecular weight excluding hydrogens is 382 g/mol. The van der Waals surface area contributed by atoms with E-state index < -0.39 is 15.9 Å². The molecule has 0 aliphatic heterocycles. The van der Waals surface area contributed by atoms with Crippen LogP contribution in [0, 0.1) is 0 Å². The molecule has 0 spiro atoms. The average molecular weight is 407 g/mol. The SMILES string of the molecule is CCN(CC)S(=O)(=O)c1cccc(NC(=O)CO/N=C(\C)c2cnn(C)c2)c1. The molecule has 0 aliphatic rings. The van der Waals surface area contributed by atoms with E-state index in [1.165, 1.54) is 16.4 Å². The second-order valence-corrected chi connectivity index (χ2v) is 7.96. The zero-order valence-electron chi connectivity index (χ0n) is 16.4. The molecule has 1 heterocycles. The highest BCUT2D eigenvalue weighted by molar-refractivity contribution is 7.89. The fourth-order valence-electron chi connectivity index (χ4n) is 2.49. The van der Waals surface area contributed by atoms with Crippen LogP contribution < -0.4 is 5.32 Å². The minimum Gasteiger partial charge on any atom is -0.385 e. The van der Waals surface area contributed by atoms with Crippen LogP contribution in [0.3, 0.4) is 0 Å². The zero-order valence-corrected chi connectivity index (χ0v) is 17.2. The van der Waals surface area contributed by atoms with E-state index in [-0.39, 0.29) is 11.5 Å². The minimum absolute atomic E-state index is 0.125. The number of anilines is 1. The van der Waals surface area contributed by atoms with Crippen LogP contribution in [-0.4, -0.2) is 53.8 Å². The third-order valence-corrected chi connectivity index (χ3v) is 6.03. The maximum absolute atomic E-state index is 12.6. The lowest BCUT2D eigenvalue weighted by Gasteiger charge is -2.18. The van der Waals surface area contributed by atoms with Crippen molar-refractivity contribution >= 4 is 27.3 Å². The van der Waals surface area contributed by atoms with Crippen LogP contribution >= 0.6 is 0 Å². The summed E-state index contributed by atoms with van der Waals surface area (Å²) >= 11 is 0. The summed E-state index contributed by atoms with van der Waals surface area (Å²) in [5, 5.41) is 10.5. The standard InChI is InChI=1S/C18H25N5O4S/c1-5-23(6-2)28(25,26)17-9-7-8-16(10-17)20-18(24)13-27-21-14(3)15-11-19-22(4)12-15/h7-12H,5-6,13H2,1-4H3,(H,20,24)/b21-14+. The molecule has 0 unspecified atom stereocenters. The highest BCUT2D eigenvalue weighted by atomic mass is 32.2. The van der Waals surface area contributed by atoms with E-state index in [1.54, 1.807) is 57.0 Å². The normalized spacial score (nSPS) is 12.2. The number of carbonyl (C=O) groups is 1. The van der Waals surface area contributed by atoms with Gasteiger partial charge < -0.3 is 10.2 Å². The van der Waals surface area contributed by atoms with E-state index >= 15 is 0 Å². The maximum atomic E-state index is 12.6. The van der Waals surface area contributed by atoms with Crippen LogP contribution in [0.2, 0.25) is 0 Å². The first-order valence-electron chi connectivity index (χ1n) is 8.83.